The van der Waals surface area contributed by atoms with Crippen LogP contribution in [0.2, 0.25) is 0 Å². The Kier molecular flexibility index (Phi) is 8.36. The van der Waals surface area contributed by atoms with Crippen molar-refractivity contribution in [3.63, 3.8) is 0 Å². The van der Waals surface area contributed by atoms with Gasteiger partial charge >= 0.3 is 0 Å². The molecule has 9 heteroatoms. The minimum absolute atomic E-state index is 0.275. The molecule has 2 aliphatic heterocycles. The number of hydrogen-bond donors (Lipinski definition) is 2. The van der Waals surface area contributed by atoms with Crippen LogP contribution in [0.1, 0.15) is 61.3 Å². The molecule has 0 bridgehead atoms. The highest BCUT2D eigenvalue weighted by Crippen LogP contribution is 2.40. The minimum atomic E-state index is -1.30. The maximum atomic E-state index is 13.7. The maximum Gasteiger partial charge on any atom is 0.186 e. The Hall–Kier alpha value is -1.78. The molecule has 0 aliphatic carbocycles. The standard InChI is InChI=1S/C28H37N3O3S3/c1-3-4-5-21-6-9-24(35-21)26(32)20-10-14-31(15-11-20)27-30-23-8-7-22(18-25(23)36-27)37(33)28(19(2)29)12-16-34-17-13-28/h6-9,18,20,26,32H,2-5,10-17,29H2,1H3. The van der Waals surface area contributed by atoms with Crippen LogP contribution < -0.4 is 10.6 Å². The van der Waals surface area contributed by atoms with Crippen molar-refractivity contribution in [2.24, 2.45) is 11.7 Å². The van der Waals surface area contributed by atoms with Gasteiger partial charge in [0.2, 0.25) is 0 Å². The quantitative estimate of drug-likeness (QED) is 0.346. The molecular formula is C28H37N3O3S3. The molecule has 0 radical (unpaired) electrons. The summed E-state index contributed by atoms with van der Waals surface area (Å²) >= 11 is 3.42. The van der Waals surface area contributed by atoms with E-state index in [1.807, 2.05) is 18.2 Å². The van der Waals surface area contributed by atoms with E-state index in [1.165, 1.54) is 17.7 Å². The van der Waals surface area contributed by atoms with Gasteiger partial charge in [-0.15, -0.1) is 11.3 Å². The second-order valence-corrected chi connectivity index (χ2v) is 14.2. The van der Waals surface area contributed by atoms with Crippen LogP contribution in [0.3, 0.4) is 0 Å². The average molecular weight is 560 g/mol. The molecule has 3 aromatic rings. The highest BCUT2D eigenvalue weighted by molar-refractivity contribution is 7.86. The van der Waals surface area contributed by atoms with Crippen molar-refractivity contribution >= 4 is 48.8 Å². The van der Waals surface area contributed by atoms with Gasteiger partial charge in [-0.1, -0.05) is 31.3 Å². The first-order valence-electron chi connectivity index (χ1n) is 13.3. The lowest BCUT2D eigenvalue weighted by atomic mass is 9.90. The van der Waals surface area contributed by atoms with Crippen molar-refractivity contribution in [3.8, 4) is 0 Å². The molecule has 1 aromatic carbocycles. The number of hydrogen-bond acceptors (Lipinski definition) is 8. The van der Waals surface area contributed by atoms with Crippen LogP contribution in [-0.4, -0.2) is 45.3 Å². The molecule has 2 aromatic heterocycles. The highest BCUT2D eigenvalue weighted by Gasteiger charge is 2.41. The van der Waals surface area contributed by atoms with Gasteiger partial charge in [0, 0.05) is 46.7 Å². The SMILES string of the molecule is C=C(N)C1(S(=O)c2ccc3nc(N4CCC(C(O)c5ccc(CCCC)s5)CC4)sc3c2)CCOCC1. The summed E-state index contributed by atoms with van der Waals surface area (Å²) in [6.07, 6.45) is 6.24. The predicted octanol–water partition coefficient (Wildman–Crippen LogP) is 5.78. The number of aryl methyl sites for hydroxylation is 1. The van der Waals surface area contributed by atoms with Gasteiger partial charge in [-0.05, 0) is 74.8 Å². The normalized spacial score (nSPS) is 20.2. The molecule has 2 atom stereocenters. The number of fused-ring (bicyclic) bond motifs is 1. The molecule has 2 unspecified atom stereocenters. The highest BCUT2D eigenvalue weighted by atomic mass is 32.2. The van der Waals surface area contributed by atoms with Crippen LogP contribution in [0.5, 0.6) is 0 Å². The van der Waals surface area contributed by atoms with Crippen molar-refractivity contribution in [1.82, 2.24) is 4.98 Å². The number of rotatable bonds is 9. The van der Waals surface area contributed by atoms with Crippen LogP contribution >= 0.6 is 22.7 Å². The second-order valence-electron chi connectivity index (χ2n) is 10.2. The third-order valence-corrected chi connectivity index (χ3v) is 12.2. The van der Waals surface area contributed by atoms with Crippen LogP contribution in [0.15, 0.2) is 47.5 Å². The number of thiazole rings is 1. The maximum absolute atomic E-state index is 13.7. The fourth-order valence-electron chi connectivity index (χ4n) is 5.37. The third-order valence-electron chi connectivity index (χ3n) is 7.81. The summed E-state index contributed by atoms with van der Waals surface area (Å²) in [7, 11) is -1.30. The lowest BCUT2D eigenvalue weighted by Gasteiger charge is -2.36. The molecule has 6 nitrogen and oxygen atoms in total. The molecule has 0 saturated carbocycles. The van der Waals surface area contributed by atoms with Crippen molar-refractivity contribution in [2.75, 3.05) is 31.2 Å². The number of piperidine rings is 1. The van der Waals surface area contributed by atoms with Crippen molar-refractivity contribution in [2.45, 2.75) is 67.6 Å². The van der Waals surface area contributed by atoms with Crippen molar-refractivity contribution < 1.29 is 14.1 Å². The number of aliphatic hydroxyl groups excluding tert-OH is 1. The second kappa shape index (κ2) is 11.5. The number of aromatic nitrogens is 1. The van der Waals surface area contributed by atoms with Gasteiger partial charge < -0.3 is 20.5 Å². The lowest BCUT2D eigenvalue weighted by Crippen LogP contribution is -2.44. The van der Waals surface area contributed by atoms with E-state index in [1.54, 1.807) is 22.7 Å². The summed E-state index contributed by atoms with van der Waals surface area (Å²) in [6.45, 7) is 9.04. The van der Waals surface area contributed by atoms with Crippen molar-refractivity contribution in [1.29, 1.82) is 0 Å². The van der Waals surface area contributed by atoms with E-state index >= 15 is 0 Å². The van der Waals surface area contributed by atoms with E-state index in [4.69, 9.17) is 15.5 Å². The Morgan fingerprint density at radius 3 is 2.73 bits per heavy atom. The summed E-state index contributed by atoms with van der Waals surface area (Å²) in [4.78, 5) is 10.5. The van der Waals surface area contributed by atoms with Gasteiger partial charge in [0.25, 0.3) is 0 Å². The number of nitrogens with two attached hydrogens (primary N) is 1. The molecule has 3 N–H and O–H groups in total. The summed E-state index contributed by atoms with van der Waals surface area (Å²) in [5.74, 6) is 0.275. The number of thiophene rings is 1. The predicted molar refractivity (Wildman–Crippen MR) is 155 cm³/mol. The first-order valence-corrected chi connectivity index (χ1v) is 16.1. The van der Waals surface area contributed by atoms with E-state index in [-0.39, 0.29) is 12.0 Å². The van der Waals surface area contributed by atoms with Gasteiger partial charge in [0.1, 0.15) is 0 Å². The Bertz CT molecular complexity index is 1260. The Balaban J connectivity index is 1.25. The summed E-state index contributed by atoms with van der Waals surface area (Å²) in [5, 5.41) is 12.0. The van der Waals surface area contributed by atoms with E-state index in [0.29, 0.717) is 31.8 Å². The Morgan fingerprint density at radius 1 is 1.27 bits per heavy atom. The first-order chi connectivity index (χ1) is 17.9. The van der Waals surface area contributed by atoms with E-state index in [9.17, 15) is 9.32 Å². The zero-order valence-corrected chi connectivity index (χ0v) is 23.9. The number of unbranched alkanes of at least 4 members (excludes halogenated alkanes) is 1. The molecule has 37 heavy (non-hydrogen) atoms. The number of anilines is 1. The largest absolute Gasteiger partial charge is 0.401 e. The molecule has 0 amide bonds. The lowest BCUT2D eigenvalue weighted by molar-refractivity contribution is 0.0835. The van der Waals surface area contributed by atoms with Gasteiger partial charge in [0.05, 0.1) is 31.9 Å². The van der Waals surface area contributed by atoms with E-state index in [2.05, 4.69) is 30.5 Å². The molecule has 200 valence electrons. The molecule has 2 fully saturated rings. The summed E-state index contributed by atoms with van der Waals surface area (Å²) in [5.41, 5.74) is 7.57. The van der Waals surface area contributed by atoms with Gasteiger partial charge in [0.15, 0.2) is 5.13 Å². The Labute approximate surface area is 230 Å². The van der Waals surface area contributed by atoms with E-state index < -0.39 is 15.5 Å². The monoisotopic (exact) mass is 559 g/mol. The molecule has 5 rings (SSSR count). The number of nitrogens with zero attached hydrogens (tertiary/aromatic N) is 2. The summed E-state index contributed by atoms with van der Waals surface area (Å²) < 4.78 is 19.6. The van der Waals surface area contributed by atoms with Crippen molar-refractivity contribution in [3.05, 3.63) is 52.4 Å². The zero-order valence-electron chi connectivity index (χ0n) is 21.5. The molecular weight excluding hydrogens is 523 g/mol. The van der Waals surface area contributed by atoms with Crippen LogP contribution in [-0.2, 0) is 22.0 Å². The first kappa shape index (κ1) is 26.8. The topological polar surface area (TPSA) is 88.7 Å². The van der Waals surface area contributed by atoms with E-state index in [0.717, 1.165) is 57.5 Å². The number of aliphatic hydroxyl groups is 1. The Morgan fingerprint density at radius 2 is 2.03 bits per heavy atom. The minimum Gasteiger partial charge on any atom is -0.401 e. The third kappa shape index (κ3) is 5.52. The number of ether oxygens (including phenoxy) is 1. The van der Waals surface area contributed by atoms with Crippen LogP contribution in [0.4, 0.5) is 5.13 Å². The number of benzene rings is 1. The molecule has 2 saturated heterocycles. The van der Waals surface area contributed by atoms with Gasteiger partial charge in [-0.25, -0.2) is 4.98 Å². The fourth-order valence-corrected chi connectivity index (χ4v) is 9.28. The van der Waals surface area contributed by atoms with Crippen LogP contribution in [0, 0.1) is 5.92 Å². The molecule has 0 spiro atoms. The van der Waals surface area contributed by atoms with Gasteiger partial charge in [-0.2, -0.15) is 0 Å². The zero-order chi connectivity index (χ0) is 26.0. The smallest absolute Gasteiger partial charge is 0.186 e. The summed E-state index contributed by atoms with van der Waals surface area (Å²) in [6, 6.07) is 10.2. The fraction of sp³-hybridized carbons (Fsp3) is 0.536. The average Bonchev–Trinajstić information content (AvgIpc) is 3.58. The molecule has 4 heterocycles. The van der Waals surface area contributed by atoms with Crippen LogP contribution in [0.25, 0.3) is 10.2 Å². The van der Waals surface area contributed by atoms with Gasteiger partial charge in [-0.3, -0.25) is 4.21 Å². The molecule has 2 aliphatic rings.